The molecule has 1 amide bonds. The molecule has 184 valence electrons. The smallest absolute Gasteiger partial charge is 0.345 e. The number of carbonyl (C=O) groups excluding carboxylic acids is 2. The molecular formula is C27H26N4O4S. The van der Waals surface area contributed by atoms with Gasteiger partial charge in [-0.3, -0.25) is 14.2 Å². The van der Waals surface area contributed by atoms with E-state index in [0.29, 0.717) is 48.5 Å². The van der Waals surface area contributed by atoms with Crippen molar-refractivity contribution in [3.05, 3.63) is 92.5 Å². The summed E-state index contributed by atoms with van der Waals surface area (Å²) in [6.07, 6.45) is 1.65. The van der Waals surface area contributed by atoms with Crippen LogP contribution in [0.25, 0.3) is 11.0 Å². The minimum Gasteiger partial charge on any atom is -0.462 e. The van der Waals surface area contributed by atoms with Gasteiger partial charge in [0.25, 0.3) is 11.5 Å². The Balaban J connectivity index is 1.57. The molecule has 3 aromatic heterocycles. The first-order valence-corrected chi connectivity index (χ1v) is 12.8. The third kappa shape index (κ3) is 4.49. The maximum atomic E-state index is 13.8. The molecule has 0 saturated carbocycles. The van der Waals surface area contributed by atoms with Crippen molar-refractivity contribution in [2.24, 2.45) is 0 Å². The Bertz CT molecular complexity index is 1440. The van der Waals surface area contributed by atoms with Crippen LogP contribution in [0.4, 0.5) is 5.69 Å². The van der Waals surface area contributed by atoms with E-state index < -0.39 is 11.5 Å². The minimum absolute atomic E-state index is 0.00546. The number of amides is 1. The van der Waals surface area contributed by atoms with Crippen LogP contribution in [-0.2, 0) is 11.3 Å². The predicted octanol–water partition coefficient (Wildman–Crippen LogP) is 3.65. The van der Waals surface area contributed by atoms with E-state index in [2.05, 4.69) is 4.98 Å². The Morgan fingerprint density at radius 2 is 1.81 bits per heavy atom. The van der Waals surface area contributed by atoms with Crippen molar-refractivity contribution >= 4 is 39.9 Å². The first-order chi connectivity index (χ1) is 17.6. The Hall–Kier alpha value is -3.98. The number of benzene rings is 1. The van der Waals surface area contributed by atoms with Gasteiger partial charge in [-0.15, -0.1) is 0 Å². The van der Waals surface area contributed by atoms with Crippen LogP contribution in [0.15, 0.2) is 70.3 Å². The Labute approximate surface area is 212 Å². The fraction of sp³-hybridized carbons (Fsp3) is 0.259. The number of esters is 1. The van der Waals surface area contributed by atoms with Gasteiger partial charge >= 0.3 is 5.97 Å². The van der Waals surface area contributed by atoms with Gasteiger partial charge in [-0.25, -0.2) is 9.78 Å². The molecule has 0 bridgehead atoms. The SMILES string of the molecule is CCOC(=O)c1c(N2CCN(C(=O)c3ccsc3)CC2)c2cccnc2n(Cc2ccccc2)c1=O. The summed E-state index contributed by atoms with van der Waals surface area (Å²) in [5, 5.41) is 4.44. The molecule has 0 N–H and O–H groups in total. The monoisotopic (exact) mass is 502 g/mol. The molecule has 1 aliphatic heterocycles. The molecule has 9 heteroatoms. The summed E-state index contributed by atoms with van der Waals surface area (Å²) in [4.78, 5) is 48.2. The van der Waals surface area contributed by atoms with Gasteiger partial charge in [-0.2, -0.15) is 11.3 Å². The topological polar surface area (TPSA) is 84.7 Å². The third-order valence-electron chi connectivity index (χ3n) is 6.31. The number of piperazine rings is 1. The highest BCUT2D eigenvalue weighted by Crippen LogP contribution is 2.30. The molecule has 0 aliphatic carbocycles. The molecule has 36 heavy (non-hydrogen) atoms. The highest BCUT2D eigenvalue weighted by Gasteiger charge is 2.30. The lowest BCUT2D eigenvalue weighted by molar-refractivity contribution is 0.0523. The van der Waals surface area contributed by atoms with Crippen LogP contribution < -0.4 is 10.5 Å². The average Bonchev–Trinajstić information content (AvgIpc) is 3.45. The van der Waals surface area contributed by atoms with E-state index in [1.165, 1.54) is 15.9 Å². The van der Waals surface area contributed by atoms with Gasteiger partial charge < -0.3 is 14.5 Å². The molecule has 0 radical (unpaired) electrons. The van der Waals surface area contributed by atoms with Gasteiger partial charge in [0.15, 0.2) is 0 Å². The van der Waals surface area contributed by atoms with Crippen molar-refractivity contribution in [3.63, 3.8) is 0 Å². The summed E-state index contributed by atoms with van der Waals surface area (Å²) in [6.45, 7) is 4.07. The van der Waals surface area contributed by atoms with E-state index in [9.17, 15) is 14.4 Å². The molecule has 1 fully saturated rings. The van der Waals surface area contributed by atoms with E-state index in [1.54, 1.807) is 24.1 Å². The number of hydrogen-bond donors (Lipinski definition) is 0. The number of hydrogen-bond acceptors (Lipinski definition) is 7. The molecule has 0 unspecified atom stereocenters. The maximum absolute atomic E-state index is 13.8. The standard InChI is InChI=1S/C27H26N4O4S/c1-2-35-27(34)22-23(29-12-14-30(15-13-29)25(32)20-10-16-36-18-20)21-9-6-11-28-24(21)31(26(22)33)17-19-7-4-3-5-8-19/h3-11,16,18H,2,12-15,17H2,1H3. The van der Waals surface area contributed by atoms with Gasteiger partial charge in [0.2, 0.25) is 0 Å². The largest absolute Gasteiger partial charge is 0.462 e. The normalized spacial score (nSPS) is 13.7. The highest BCUT2D eigenvalue weighted by molar-refractivity contribution is 7.08. The summed E-state index contributed by atoms with van der Waals surface area (Å²) in [6, 6.07) is 15.1. The van der Waals surface area contributed by atoms with Crippen molar-refractivity contribution in [1.82, 2.24) is 14.5 Å². The summed E-state index contributed by atoms with van der Waals surface area (Å²) >= 11 is 1.49. The quantitative estimate of drug-likeness (QED) is 0.374. The zero-order valence-corrected chi connectivity index (χ0v) is 20.7. The summed E-state index contributed by atoms with van der Waals surface area (Å²) in [5.74, 6) is -0.659. The van der Waals surface area contributed by atoms with Crippen LogP contribution in [0.1, 0.15) is 33.2 Å². The van der Waals surface area contributed by atoms with Crippen LogP contribution in [0, 0.1) is 0 Å². The van der Waals surface area contributed by atoms with Crippen molar-refractivity contribution in [3.8, 4) is 0 Å². The molecular weight excluding hydrogens is 476 g/mol. The molecule has 8 nitrogen and oxygen atoms in total. The number of rotatable bonds is 6. The molecule has 1 aliphatic rings. The zero-order valence-electron chi connectivity index (χ0n) is 19.9. The van der Waals surface area contributed by atoms with Crippen LogP contribution in [0.5, 0.6) is 0 Å². The molecule has 1 aromatic carbocycles. The second-order valence-electron chi connectivity index (χ2n) is 8.49. The Morgan fingerprint density at radius 1 is 1.03 bits per heavy atom. The Kier molecular flexibility index (Phi) is 6.81. The molecule has 0 atom stereocenters. The number of carbonyl (C=O) groups is 2. The summed E-state index contributed by atoms with van der Waals surface area (Å²) in [5.41, 5.74) is 2.20. The maximum Gasteiger partial charge on any atom is 0.345 e. The second-order valence-corrected chi connectivity index (χ2v) is 9.27. The lowest BCUT2D eigenvalue weighted by atomic mass is 10.1. The highest BCUT2D eigenvalue weighted by atomic mass is 32.1. The molecule has 5 rings (SSSR count). The van der Waals surface area contributed by atoms with Gasteiger partial charge in [-0.05, 0) is 36.1 Å². The molecule has 0 spiro atoms. The first kappa shape index (κ1) is 23.7. The average molecular weight is 503 g/mol. The van der Waals surface area contributed by atoms with Crippen molar-refractivity contribution in [2.45, 2.75) is 13.5 Å². The van der Waals surface area contributed by atoms with E-state index in [4.69, 9.17) is 4.74 Å². The number of fused-ring (bicyclic) bond motifs is 1. The van der Waals surface area contributed by atoms with E-state index in [0.717, 1.165) is 5.56 Å². The number of thiophene rings is 1. The van der Waals surface area contributed by atoms with Crippen LogP contribution in [0.2, 0.25) is 0 Å². The van der Waals surface area contributed by atoms with E-state index in [1.807, 2.05) is 58.1 Å². The third-order valence-corrected chi connectivity index (χ3v) is 6.99. The predicted molar refractivity (Wildman–Crippen MR) is 140 cm³/mol. The van der Waals surface area contributed by atoms with E-state index >= 15 is 0 Å². The minimum atomic E-state index is -0.651. The van der Waals surface area contributed by atoms with Gasteiger partial charge in [0.1, 0.15) is 11.2 Å². The van der Waals surface area contributed by atoms with Crippen LogP contribution >= 0.6 is 11.3 Å². The summed E-state index contributed by atoms with van der Waals surface area (Å²) < 4.78 is 6.88. The van der Waals surface area contributed by atoms with Crippen molar-refractivity contribution in [2.75, 3.05) is 37.7 Å². The number of ether oxygens (including phenoxy) is 1. The fourth-order valence-corrected chi connectivity index (χ4v) is 5.22. The lowest BCUT2D eigenvalue weighted by Crippen LogP contribution is -2.49. The number of aromatic nitrogens is 2. The molecule has 1 saturated heterocycles. The zero-order chi connectivity index (χ0) is 25.1. The molecule has 4 aromatic rings. The van der Waals surface area contributed by atoms with Gasteiger partial charge in [0.05, 0.1) is 24.4 Å². The lowest BCUT2D eigenvalue weighted by Gasteiger charge is -2.37. The fourth-order valence-electron chi connectivity index (χ4n) is 4.59. The van der Waals surface area contributed by atoms with Gasteiger partial charge in [-0.1, -0.05) is 30.3 Å². The Morgan fingerprint density at radius 3 is 2.50 bits per heavy atom. The van der Waals surface area contributed by atoms with Crippen LogP contribution in [-0.4, -0.2) is 59.1 Å². The number of nitrogens with zero attached hydrogens (tertiary/aromatic N) is 4. The number of anilines is 1. The van der Waals surface area contributed by atoms with Crippen molar-refractivity contribution in [1.29, 1.82) is 0 Å². The van der Waals surface area contributed by atoms with E-state index in [-0.39, 0.29) is 24.6 Å². The van der Waals surface area contributed by atoms with Gasteiger partial charge in [0, 0.05) is 43.1 Å². The second kappa shape index (κ2) is 10.3. The first-order valence-electron chi connectivity index (χ1n) is 11.9. The number of pyridine rings is 2. The summed E-state index contributed by atoms with van der Waals surface area (Å²) in [7, 11) is 0. The van der Waals surface area contributed by atoms with Crippen molar-refractivity contribution < 1.29 is 14.3 Å². The molecule has 4 heterocycles. The van der Waals surface area contributed by atoms with Crippen LogP contribution in [0.3, 0.4) is 0 Å².